The van der Waals surface area contributed by atoms with Crippen molar-refractivity contribution in [3.05, 3.63) is 65.7 Å². The number of hydrogen-bond acceptors (Lipinski definition) is 2. The number of benzene rings is 2. The van der Waals surface area contributed by atoms with Gasteiger partial charge in [-0.25, -0.2) is 0 Å². The van der Waals surface area contributed by atoms with Gasteiger partial charge in [0.2, 0.25) is 0 Å². The van der Waals surface area contributed by atoms with Gasteiger partial charge in [-0.2, -0.15) is 0 Å². The normalized spacial score (nSPS) is 11.6. The Morgan fingerprint density at radius 1 is 0.870 bits per heavy atom. The Kier molecular flexibility index (Phi) is 6.66. The number of ether oxygens (including phenoxy) is 1. The summed E-state index contributed by atoms with van der Waals surface area (Å²) in [5, 5.41) is 9.87. The first-order chi connectivity index (χ1) is 11.1. The molecule has 0 fully saturated rings. The summed E-state index contributed by atoms with van der Waals surface area (Å²) in [7, 11) is 0. The van der Waals surface area contributed by atoms with Gasteiger partial charge in [-0.3, -0.25) is 0 Å². The molecule has 0 saturated heterocycles. The van der Waals surface area contributed by atoms with Crippen LogP contribution in [0.4, 0.5) is 0 Å². The SMILES string of the molecule is CC(C)(Cc1ccccc1O)OCCCCCc1ccccc1. The van der Waals surface area contributed by atoms with Crippen LogP contribution in [-0.4, -0.2) is 17.3 Å². The molecule has 0 amide bonds. The van der Waals surface area contributed by atoms with Gasteiger partial charge in [0.25, 0.3) is 0 Å². The van der Waals surface area contributed by atoms with E-state index in [4.69, 9.17) is 4.74 Å². The quantitative estimate of drug-likeness (QED) is 0.649. The van der Waals surface area contributed by atoms with Gasteiger partial charge < -0.3 is 9.84 Å². The zero-order valence-corrected chi connectivity index (χ0v) is 14.3. The maximum atomic E-state index is 9.87. The lowest BCUT2D eigenvalue weighted by Gasteiger charge is -2.26. The van der Waals surface area contributed by atoms with Crippen molar-refractivity contribution in [2.24, 2.45) is 0 Å². The van der Waals surface area contributed by atoms with Gasteiger partial charge in [0, 0.05) is 13.0 Å². The van der Waals surface area contributed by atoms with Gasteiger partial charge in [0.1, 0.15) is 5.75 Å². The van der Waals surface area contributed by atoms with E-state index in [1.54, 1.807) is 6.07 Å². The number of aryl methyl sites for hydroxylation is 1. The third-order valence-corrected chi connectivity index (χ3v) is 4.05. The summed E-state index contributed by atoms with van der Waals surface area (Å²) in [6, 6.07) is 18.1. The minimum Gasteiger partial charge on any atom is -0.508 e. The van der Waals surface area contributed by atoms with Crippen molar-refractivity contribution in [2.75, 3.05) is 6.61 Å². The molecule has 2 nitrogen and oxygen atoms in total. The van der Waals surface area contributed by atoms with Crippen molar-refractivity contribution in [1.82, 2.24) is 0 Å². The van der Waals surface area contributed by atoms with Gasteiger partial charge in [0.15, 0.2) is 0 Å². The Bertz CT molecular complexity index is 575. The van der Waals surface area contributed by atoms with Crippen molar-refractivity contribution in [3.8, 4) is 5.75 Å². The van der Waals surface area contributed by atoms with Crippen LogP contribution in [-0.2, 0) is 17.6 Å². The maximum Gasteiger partial charge on any atom is 0.118 e. The number of aromatic hydroxyl groups is 1. The van der Waals surface area contributed by atoms with E-state index in [2.05, 4.69) is 44.2 Å². The minimum absolute atomic E-state index is 0.252. The average molecular weight is 312 g/mol. The first kappa shape index (κ1) is 17.6. The fourth-order valence-electron chi connectivity index (χ4n) is 2.77. The molecule has 2 aromatic carbocycles. The molecule has 23 heavy (non-hydrogen) atoms. The summed E-state index contributed by atoms with van der Waals surface area (Å²) in [5.41, 5.74) is 2.10. The molecule has 0 saturated carbocycles. The van der Waals surface area contributed by atoms with E-state index >= 15 is 0 Å². The van der Waals surface area contributed by atoms with Gasteiger partial charge >= 0.3 is 0 Å². The molecule has 2 aromatic rings. The lowest BCUT2D eigenvalue weighted by atomic mass is 9.97. The van der Waals surface area contributed by atoms with Crippen molar-refractivity contribution in [3.63, 3.8) is 0 Å². The van der Waals surface area contributed by atoms with E-state index in [0.717, 1.165) is 31.4 Å². The van der Waals surface area contributed by atoms with Crippen LogP contribution in [0.15, 0.2) is 54.6 Å². The number of hydrogen-bond donors (Lipinski definition) is 1. The highest BCUT2D eigenvalue weighted by Crippen LogP contribution is 2.24. The molecule has 0 aliphatic rings. The molecule has 0 radical (unpaired) electrons. The smallest absolute Gasteiger partial charge is 0.118 e. The van der Waals surface area contributed by atoms with Gasteiger partial charge in [0.05, 0.1) is 5.60 Å². The van der Waals surface area contributed by atoms with E-state index in [1.807, 2.05) is 18.2 Å². The standard InChI is InChI=1S/C21H28O2/c1-21(2,17-19-14-8-9-15-20(19)22)23-16-10-4-7-13-18-11-5-3-6-12-18/h3,5-6,8-9,11-12,14-15,22H,4,7,10,13,16-17H2,1-2H3. The van der Waals surface area contributed by atoms with E-state index < -0.39 is 0 Å². The van der Waals surface area contributed by atoms with Crippen LogP contribution in [0.1, 0.15) is 44.2 Å². The predicted molar refractivity (Wildman–Crippen MR) is 95.8 cm³/mol. The molecule has 2 rings (SSSR count). The van der Waals surface area contributed by atoms with Gasteiger partial charge in [-0.1, -0.05) is 55.0 Å². The van der Waals surface area contributed by atoms with E-state index in [9.17, 15) is 5.11 Å². The molecule has 0 heterocycles. The average Bonchev–Trinajstić information content (AvgIpc) is 2.54. The number of unbranched alkanes of at least 4 members (excludes halogenated alkanes) is 2. The summed E-state index contributed by atoms with van der Waals surface area (Å²) in [5.74, 6) is 0.354. The Morgan fingerprint density at radius 3 is 2.30 bits per heavy atom. The Labute approximate surface area is 140 Å². The van der Waals surface area contributed by atoms with Crippen LogP contribution in [0.3, 0.4) is 0 Å². The molecule has 0 spiro atoms. The molecule has 0 aliphatic carbocycles. The van der Waals surface area contributed by atoms with E-state index in [1.165, 1.54) is 18.4 Å². The second-order valence-electron chi connectivity index (χ2n) is 6.71. The zero-order chi connectivity index (χ0) is 16.5. The van der Waals surface area contributed by atoms with E-state index in [-0.39, 0.29) is 5.60 Å². The Morgan fingerprint density at radius 2 is 1.57 bits per heavy atom. The number of rotatable bonds is 9. The summed E-state index contributed by atoms with van der Waals surface area (Å²) < 4.78 is 6.03. The first-order valence-corrected chi connectivity index (χ1v) is 8.52. The van der Waals surface area contributed by atoms with Crippen LogP contribution in [0, 0.1) is 0 Å². The first-order valence-electron chi connectivity index (χ1n) is 8.52. The molecular formula is C21H28O2. The third-order valence-electron chi connectivity index (χ3n) is 4.05. The van der Waals surface area contributed by atoms with E-state index in [0.29, 0.717) is 5.75 Å². The van der Waals surface area contributed by atoms with Crippen LogP contribution >= 0.6 is 0 Å². The van der Waals surface area contributed by atoms with Gasteiger partial charge in [-0.05, 0) is 50.3 Å². The molecule has 2 heteroatoms. The van der Waals surface area contributed by atoms with Crippen molar-refractivity contribution in [1.29, 1.82) is 0 Å². The highest BCUT2D eigenvalue weighted by atomic mass is 16.5. The maximum absolute atomic E-state index is 9.87. The van der Waals surface area contributed by atoms with Gasteiger partial charge in [-0.15, -0.1) is 0 Å². The number of para-hydroxylation sites is 1. The topological polar surface area (TPSA) is 29.5 Å². The molecule has 0 bridgehead atoms. The van der Waals surface area contributed by atoms with Crippen LogP contribution in [0.2, 0.25) is 0 Å². The van der Waals surface area contributed by atoms with Crippen molar-refractivity contribution < 1.29 is 9.84 Å². The fourth-order valence-corrected chi connectivity index (χ4v) is 2.77. The summed E-state index contributed by atoms with van der Waals surface area (Å²) in [6.45, 7) is 4.95. The molecule has 124 valence electrons. The van der Waals surface area contributed by atoms with Crippen LogP contribution in [0.5, 0.6) is 5.75 Å². The second kappa shape index (κ2) is 8.73. The molecule has 1 N–H and O–H groups in total. The summed E-state index contributed by atoms with van der Waals surface area (Å²) in [4.78, 5) is 0. The molecule has 0 aliphatic heterocycles. The molecule has 0 unspecified atom stereocenters. The van der Waals surface area contributed by atoms with Crippen molar-refractivity contribution in [2.45, 2.75) is 51.6 Å². The number of phenolic OH excluding ortho intramolecular Hbond substituents is 1. The number of phenols is 1. The lowest BCUT2D eigenvalue weighted by molar-refractivity contribution is -0.0190. The Balaban J connectivity index is 1.64. The van der Waals surface area contributed by atoms with Crippen LogP contribution in [0.25, 0.3) is 0 Å². The predicted octanol–water partition coefficient (Wildman–Crippen LogP) is 5.14. The summed E-state index contributed by atoms with van der Waals surface area (Å²) in [6.07, 6.45) is 5.33. The summed E-state index contributed by atoms with van der Waals surface area (Å²) >= 11 is 0. The monoisotopic (exact) mass is 312 g/mol. The highest BCUT2D eigenvalue weighted by molar-refractivity contribution is 5.32. The lowest BCUT2D eigenvalue weighted by Crippen LogP contribution is -2.28. The fraction of sp³-hybridized carbons (Fsp3) is 0.429. The minimum atomic E-state index is -0.252. The molecule has 0 aromatic heterocycles. The third kappa shape index (κ3) is 6.45. The molecule has 0 atom stereocenters. The molecular weight excluding hydrogens is 284 g/mol. The second-order valence-corrected chi connectivity index (χ2v) is 6.71. The van der Waals surface area contributed by atoms with Crippen LogP contribution < -0.4 is 0 Å². The van der Waals surface area contributed by atoms with Crippen molar-refractivity contribution >= 4 is 0 Å². The largest absolute Gasteiger partial charge is 0.508 e. The highest BCUT2D eigenvalue weighted by Gasteiger charge is 2.20. The zero-order valence-electron chi connectivity index (χ0n) is 14.3. The Hall–Kier alpha value is -1.80.